The molecule has 20 heavy (non-hydrogen) atoms. The minimum absolute atomic E-state index is 0.273. The zero-order chi connectivity index (χ0) is 14.8. The smallest absolute Gasteiger partial charge is 0.323 e. The molecule has 6 nitrogen and oxygen atoms in total. The maximum Gasteiger partial charge on any atom is 0.323 e. The normalized spacial score (nSPS) is 26.4. The van der Waals surface area contributed by atoms with Crippen molar-refractivity contribution in [3.05, 3.63) is 0 Å². The number of nitrogens with one attached hydrogen (secondary N) is 1. The molecule has 1 aromatic heterocycles. The molecule has 1 fully saturated rings. The fourth-order valence-electron chi connectivity index (χ4n) is 2.43. The largest absolute Gasteiger partial charge is 0.480 e. The van der Waals surface area contributed by atoms with E-state index in [2.05, 4.69) is 15.5 Å². The van der Waals surface area contributed by atoms with Crippen LogP contribution in [0.15, 0.2) is 4.34 Å². The Kier molecular flexibility index (Phi) is 4.87. The standard InChI is InChI=1S/C12H20N4O2S2/c1-13-12(9(17)18)6-4-5-8(7-12)19-11-15-14-10(20-11)16(2)3/h8,13H,4-7H2,1-3H3,(H,17,18). The summed E-state index contributed by atoms with van der Waals surface area (Å²) < 4.78 is 0.913. The van der Waals surface area contributed by atoms with Gasteiger partial charge in [-0.2, -0.15) is 0 Å². The number of aliphatic carboxylic acids is 1. The Morgan fingerprint density at radius 1 is 1.55 bits per heavy atom. The highest BCUT2D eigenvalue weighted by molar-refractivity contribution is 8.01. The van der Waals surface area contributed by atoms with Gasteiger partial charge in [0, 0.05) is 19.3 Å². The molecular formula is C12H20N4O2S2. The Morgan fingerprint density at radius 2 is 2.30 bits per heavy atom. The molecule has 0 radical (unpaired) electrons. The number of thioether (sulfide) groups is 1. The van der Waals surface area contributed by atoms with Gasteiger partial charge < -0.3 is 15.3 Å². The highest BCUT2D eigenvalue weighted by Gasteiger charge is 2.42. The van der Waals surface area contributed by atoms with Gasteiger partial charge in [-0.05, 0) is 32.7 Å². The highest BCUT2D eigenvalue weighted by atomic mass is 32.2. The minimum atomic E-state index is -0.787. The molecule has 0 spiro atoms. The van der Waals surface area contributed by atoms with Crippen molar-refractivity contribution in [1.29, 1.82) is 0 Å². The number of likely N-dealkylation sites (N-methyl/N-ethyl adjacent to an activating group) is 1. The lowest BCUT2D eigenvalue weighted by Gasteiger charge is -2.36. The number of nitrogens with zero attached hydrogens (tertiary/aromatic N) is 3. The third kappa shape index (κ3) is 3.24. The number of carbonyl (C=O) groups is 1. The number of hydrogen-bond acceptors (Lipinski definition) is 7. The molecule has 1 heterocycles. The van der Waals surface area contributed by atoms with Gasteiger partial charge in [0.05, 0.1) is 0 Å². The molecule has 0 amide bonds. The lowest BCUT2D eigenvalue weighted by molar-refractivity contribution is -0.146. The first-order chi connectivity index (χ1) is 9.47. The summed E-state index contributed by atoms with van der Waals surface area (Å²) in [6, 6.07) is 0. The fourth-order valence-corrected chi connectivity index (χ4v) is 4.78. The van der Waals surface area contributed by atoms with E-state index in [-0.39, 0.29) is 5.25 Å². The molecule has 1 aliphatic rings. The van der Waals surface area contributed by atoms with E-state index in [0.717, 1.165) is 22.3 Å². The lowest BCUT2D eigenvalue weighted by Crippen LogP contribution is -2.53. The van der Waals surface area contributed by atoms with Crippen molar-refractivity contribution in [3.63, 3.8) is 0 Å². The van der Waals surface area contributed by atoms with Gasteiger partial charge in [0.25, 0.3) is 0 Å². The summed E-state index contributed by atoms with van der Waals surface area (Å²) in [5.41, 5.74) is -0.787. The van der Waals surface area contributed by atoms with Gasteiger partial charge in [0.15, 0.2) is 4.34 Å². The van der Waals surface area contributed by atoms with Crippen LogP contribution in [0.5, 0.6) is 0 Å². The van der Waals surface area contributed by atoms with E-state index < -0.39 is 11.5 Å². The quantitative estimate of drug-likeness (QED) is 0.855. The fraction of sp³-hybridized carbons (Fsp3) is 0.750. The number of aromatic nitrogens is 2. The average Bonchev–Trinajstić information content (AvgIpc) is 2.87. The third-order valence-electron chi connectivity index (χ3n) is 3.64. The van der Waals surface area contributed by atoms with Crippen LogP contribution in [-0.2, 0) is 4.79 Å². The average molecular weight is 316 g/mol. The van der Waals surface area contributed by atoms with E-state index in [1.54, 1.807) is 30.1 Å². The zero-order valence-electron chi connectivity index (χ0n) is 11.9. The van der Waals surface area contributed by atoms with Crippen molar-refractivity contribution in [2.24, 2.45) is 0 Å². The first kappa shape index (κ1) is 15.5. The van der Waals surface area contributed by atoms with E-state index in [9.17, 15) is 9.90 Å². The van der Waals surface area contributed by atoms with Gasteiger partial charge in [-0.25, -0.2) is 0 Å². The maximum absolute atomic E-state index is 11.5. The summed E-state index contributed by atoms with van der Waals surface area (Å²) in [4.78, 5) is 13.4. The van der Waals surface area contributed by atoms with Crippen LogP contribution < -0.4 is 10.2 Å². The predicted molar refractivity (Wildman–Crippen MR) is 81.8 cm³/mol. The van der Waals surface area contributed by atoms with E-state index in [1.165, 1.54) is 0 Å². The molecule has 2 unspecified atom stereocenters. The number of carboxylic acids is 1. The molecule has 8 heteroatoms. The van der Waals surface area contributed by atoms with Gasteiger partial charge in [-0.15, -0.1) is 10.2 Å². The lowest BCUT2D eigenvalue weighted by atomic mass is 9.81. The van der Waals surface area contributed by atoms with Crippen molar-refractivity contribution >= 4 is 34.2 Å². The summed E-state index contributed by atoms with van der Waals surface area (Å²) in [5, 5.41) is 21.9. The molecule has 2 N–H and O–H groups in total. The van der Waals surface area contributed by atoms with Crippen molar-refractivity contribution in [2.75, 3.05) is 26.0 Å². The summed E-state index contributed by atoms with van der Waals surface area (Å²) in [6.45, 7) is 0. The van der Waals surface area contributed by atoms with Gasteiger partial charge in [0.1, 0.15) is 5.54 Å². The number of anilines is 1. The van der Waals surface area contributed by atoms with Gasteiger partial charge in [-0.3, -0.25) is 4.79 Å². The molecule has 2 atom stereocenters. The molecule has 1 aliphatic carbocycles. The second-order valence-corrected chi connectivity index (χ2v) is 7.72. The van der Waals surface area contributed by atoms with Gasteiger partial charge >= 0.3 is 5.97 Å². The molecule has 1 saturated carbocycles. The first-order valence-corrected chi connectivity index (χ1v) is 8.26. The van der Waals surface area contributed by atoms with Crippen LogP contribution in [0.1, 0.15) is 25.7 Å². The second-order valence-electron chi connectivity index (χ2n) is 5.22. The monoisotopic (exact) mass is 316 g/mol. The Balaban J connectivity index is 2.03. The molecule has 2 rings (SSSR count). The van der Waals surface area contributed by atoms with Crippen LogP contribution in [0.3, 0.4) is 0 Å². The Bertz CT molecular complexity index is 480. The van der Waals surface area contributed by atoms with Crippen LogP contribution in [0, 0.1) is 0 Å². The van der Waals surface area contributed by atoms with Crippen molar-refractivity contribution < 1.29 is 9.90 Å². The minimum Gasteiger partial charge on any atom is -0.480 e. The summed E-state index contributed by atoms with van der Waals surface area (Å²) in [5.74, 6) is -0.753. The van der Waals surface area contributed by atoms with E-state index >= 15 is 0 Å². The molecule has 0 bridgehead atoms. The van der Waals surface area contributed by atoms with E-state index in [0.29, 0.717) is 12.8 Å². The maximum atomic E-state index is 11.5. The summed E-state index contributed by atoms with van der Waals surface area (Å²) in [7, 11) is 5.61. The predicted octanol–water partition coefficient (Wildman–Crippen LogP) is 1.68. The SMILES string of the molecule is CNC1(C(=O)O)CCCC(Sc2nnc(N(C)C)s2)C1. The van der Waals surface area contributed by atoms with Gasteiger partial charge in [-0.1, -0.05) is 23.1 Å². The summed E-state index contributed by atoms with van der Waals surface area (Å²) in [6.07, 6.45) is 3.26. The highest BCUT2D eigenvalue weighted by Crippen LogP contribution is 2.40. The first-order valence-electron chi connectivity index (χ1n) is 6.56. The number of hydrogen-bond donors (Lipinski definition) is 2. The van der Waals surface area contributed by atoms with E-state index in [1.807, 2.05) is 19.0 Å². The van der Waals surface area contributed by atoms with Crippen molar-refractivity contribution in [3.8, 4) is 0 Å². The Labute approximate surface area is 127 Å². The summed E-state index contributed by atoms with van der Waals surface area (Å²) >= 11 is 3.20. The second kappa shape index (κ2) is 6.28. The van der Waals surface area contributed by atoms with Crippen molar-refractivity contribution in [1.82, 2.24) is 15.5 Å². The zero-order valence-corrected chi connectivity index (χ0v) is 13.6. The molecule has 0 aromatic carbocycles. The van der Waals surface area contributed by atoms with Crippen LogP contribution >= 0.6 is 23.1 Å². The molecule has 112 valence electrons. The van der Waals surface area contributed by atoms with Gasteiger partial charge in [0.2, 0.25) is 5.13 Å². The van der Waals surface area contributed by atoms with Crippen LogP contribution in [0.25, 0.3) is 0 Å². The van der Waals surface area contributed by atoms with Crippen LogP contribution in [0.2, 0.25) is 0 Å². The number of rotatable bonds is 5. The van der Waals surface area contributed by atoms with E-state index in [4.69, 9.17) is 0 Å². The van der Waals surface area contributed by atoms with Crippen LogP contribution in [0.4, 0.5) is 5.13 Å². The molecule has 0 saturated heterocycles. The number of carboxylic acid groups (broad SMARTS) is 1. The molecule has 1 aromatic rings. The molecular weight excluding hydrogens is 296 g/mol. The third-order valence-corrected chi connectivity index (χ3v) is 6.08. The van der Waals surface area contributed by atoms with Crippen LogP contribution in [-0.4, -0.2) is 53.2 Å². The topological polar surface area (TPSA) is 78.3 Å². The molecule has 0 aliphatic heterocycles. The van der Waals surface area contributed by atoms with Crippen molar-refractivity contribution in [2.45, 2.75) is 40.8 Å². The Hall–Kier alpha value is -0.860. The Morgan fingerprint density at radius 3 is 2.85 bits per heavy atom.